The summed E-state index contributed by atoms with van der Waals surface area (Å²) in [6, 6.07) is 2.82. The second kappa shape index (κ2) is 8.71. The minimum Gasteiger partial charge on any atom is -0.490 e. The summed E-state index contributed by atoms with van der Waals surface area (Å²) < 4.78 is 38.4. The van der Waals surface area contributed by atoms with Crippen LogP contribution in [-0.4, -0.2) is 54.1 Å². The zero-order valence-electron chi connectivity index (χ0n) is 17.0. The zero-order valence-corrected chi connectivity index (χ0v) is 17.0. The Kier molecular flexibility index (Phi) is 5.84. The Morgan fingerprint density at radius 3 is 2.74 bits per heavy atom. The molecule has 10 heteroatoms. The maximum atomic E-state index is 14.2. The lowest BCUT2D eigenvalue weighted by molar-refractivity contribution is -0.137. The van der Waals surface area contributed by atoms with Crippen LogP contribution in [0.15, 0.2) is 18.5 Å². The van der Waals surface area contributed by atoms with Gasteiger partial charge in [-0.2, -0.15) is 10.2 Å². The first-order chi connectivity index (χ1) is 15.0. The number of hydrogen-bond donors (Lipinski definition) is 0. The van der Waals surface area contributed by atoms with E-state index in [-0.39, 0.29) is 23.5 Å². The van der Waals surface area contributed by atoms with Crippen molar-refractivity contribution in [1.82, 2.24) is 14.9 Å². The van der Waals surface area contributed by atoms with Crippen molar-refractivity contribution in [2.45, 2.75) is 19.4 Å². The van der Waals surface area contributed by atoms with Gasteiger partial charge in [0.25, 0.3) is 5.88 Å². The number of fused-ring (bicyclic) bond motifs is 1. The van der Waals surface area contributed by atoms with Crippen LogP contribution in [0.5, 0.6) is 11.6 Å². The molecule has 0 atom stereocenters. The standard InChI is InChI=1S/C21H21F2N5O3/c1-30-20-17(23)8-16(22)19(26-20)27-4-2-13(3-5-27)21(29)28-6-7-31-18-14(9-24)10-25-11-15(18)12-28/h8,10-11,13H,2-7,12H2,1H3. The number of hydrogen-bond acceptors (Lipinski definition) is 7. The van der Waals surface area contributed by atoms with Crippen molar-refractivity contribution in [3.8, 4) is 17.7 Å². The fraction of sp³-hybridized carbons (Fsp3) is 0.429. The number of piperidine rings is 1. The third kappa shape index (κ3) is 4.08. The molecule has 1 saturated heterocycles. The molecule has 2 aromatic rings. The first-order valence-corrected chi connectivity index (χ1v) is 9.95. The fourth-order valence-electron chi connectivity index (χ4n) is 3.99. The van der Waals surface area contributed by atoms with Crippen LogP contribution in [0.25, 0.3) is 0 Å². The van der Waals surface area contributed by atoms with E-state index in [2.05, 4.69) is 16.0 Å². The summed E-state index contributed by atoms with van der Waals surface area (Å²) in [5.41, 5.74) is 1.05. The van der Waals surface area contributed by atoms with Gasteiger partial charge in [0, 0.05) is 43.0 Å². The summed E-state index contributed by atoms with van der Waals surface area (Å²) >= 11 is 0. The van der Waals surface area contributed by atoms with Crippen molar-refractivity contribution in [3.05, 3.63) is 41.2 Å². The van der Waals surface area contributed by atoms with Gasteiger partial charge in [-0.3, -0.25) is 9.78 Å². The Morgan fingerprint density at radius 1 is 1.26 bits per heavy atom. The number of carbonyl (C=O) groups is 1. The predicted molar refractivity (Wildman–Crippen MR) is 106 cm³/mol. The number of pyridine rings is 2. The number of rotatable bonds is 3. The van der Waals surface area contributed by atoms with E-state index in [0.29, 0.717) is 62.5 Å². The molecule has 2 aliphatic heterocycles. The van der Waals surface area contributed by atoms with Gasteiger partial charge in [0.05, 0.1) is 20.2 Å². The van der Waals surface area contributed by atoms with Gasteiger partial charge in [0.1, 0.15) is 24.0 Å². The number of anilines is 1. The molecule has 8 nitrogen and oxygen atoms in total. The van der Waals surface area contributed by atoms with Gasteiger partial charge in [0.2, 0.25) is 5.91 Å². The highest BCUT2D eigenvalue weighted by molar-refractivity contribution is 5.79. The lowest BCUT2D eigenvalue weighted by Crippen LogP contribution is -2.43. The van der Waals surface area contributed by atoms with Gasteiger partial charge < -0.3 is 19.3 Å². The number of amides is 1. The molecule has 2 aliphatic rings. The van der Waals surface area contributed by atoms with Gasteiger partial charge in [-0.15, -0.1) is 0 Å². The van der Waals surface area contributed by atoms with E-state index in [4.69, 9.17) is 9.47 Å². The molecule has 0 aromatic carbocycles. The molecular formula is C21H21F2N5O3. The summed E-state index contributed by atoms with van der Waals surface area (Å²) in [5, 5.41) is 9.24. The number of nitriles is 1. The van der Waals surface area contributed by atoms with Crippen LogP contribution in [0, 0.1) is 28.9 Å². The Hall–Kier alpha value is -3.48. The molecule has 31 heavy (non-hydrogen) atoms. The molecule has 0 N–H and O–H groups in total. The Labute approximate surface area is 178 Å². The Balaban J connectivity index is 1.43. The molecule has 0 saturated carbocycles. The van der Waals surface area contributed by atoms with Crippen LogP contribution in [-0.2, 0) is 11.3 Å². The fourth-order valence-corrected chi connectivity index (χ4v) is 3.99. The first-order valence-electron chi connectivity index (χ1n) is 9.95. The number of carbonyl (C=O) groups excluding carboxylic acids is 1. The topological polar surface area (TPSA) is 91.6 Å². The average Bonchev–Trinajstić information content (AvgIpc) is 3.01. The van der Waals surface area contributed by atoms with Crippen LogP contribution in [0.1, 0.15) is 24.0 Å². The van der Waals surface area contributed by atoms with Crippen LogP contribution >= 0.6 is 0 Å². The van der Waals surface area contributed by atoms with Crippen molar-refractivity contribution >= 4 is 11.7 Å². The third-order valence-corrected chi connectivity index (χ3v) is 5.59. The highest BCUT2D eigenvalue weighted by atomic mass is 19.1. The molecule has 0 radical (unpaired) electrons. The van der Waals surface area contributed by atoms with E-state index >= 15 is 0 Å². The van der Waals surface area contributed by atoms with Gasteiger partial charge in [-0.05, 0) is 12.8 Å². The molecule has 0 spiro atoms. The quantitative estimate of drug-likeness (QED) is 0.739. The lowest BCUT2D eigenvalue weighted by Gasteiger charge is -2.34. The summed E-state index contributed by atoms with van der Waals surface area (Å²) in [6.45, 7) is 1.85. The van der Waals surface area contributed by atoms with Crippen LogP contribution in [0.4, 0.5) is 14.6 Å². The molecule has 1 amide bonds. The van der Waals surface area contributed by atoms with Crippen LogP contribution in [0.2, 0.25) is 0 Å². The van der Waals surface area contributed by atoms with Crippen molar-refractivity contribution in [1.29, 1.82) is 5.26 Å². The SMILES string of the molecule is COc1nc(N2CCC(C(=O)N3CCOc4c(C#N)cncc4C3)CC2)c(F)cc1F. The van der Waals surface area contributed by atoms with E-state index in [1.54, 1.807) is 16.0 Å². The summed E-state index contributed by atoms with van der Waals surface area (Å²) in [6.07, 6.45) is 4.09. The normalized spacial score (nSPS) is 16.7. The molecule has 1 fully saturated rings. The highest BCUT2D eigenvalue weighted by Gasteiger charge is 2.32. The summed E-state index contributed by atoms with van der Waals surface area (Å²) in [5.74, 6) is -1.61. The molecular weight excluding hydrogens is 408 g/mol. The maximum Gasteiger partial charge on any atom is 0.252 e. The molecule has 2 aromatic heterocycles. The van der Waals surface area contributed by atoms with Crippen molar-refractivity contribution in [2.75, 3.05) is 38.3 Å². The van der Waals surface area contributed by atoms with Gasteiger partial charge >= 0.3 is 0 Å². The van der Waals surface area contributed by atoms with Crippen molar-refractivity contribution in [2.24, 2.45) is 5.92 Å². The largest absolute Gasteiger partial charge is 0.490 e. The molecule has 162 valence electrons. The predicted octanol–water partition coefficient (Wildman–Crippen LogP) is 2.27. The van der Waals surface area contributed by atoms with E-state index in [9.17, 15) is 18.8 Å². The van der Waals surface area contributed by atoms with Crippen LogP contribution < -0.4 is 14.4 Å². The van der Waals surface area contributed by atoms with E-state index < -0.39 is 11.6 Å². The smallest absolute Gasteiger partial charge is 0.252 e. The van der Waals surface area contributed by atoms with Gasteiger partial charge in [0.15, 0.2) is 17.5 Å². The van der Waals surface area contributed by atoms with E-state index in [0.717, 1.165) is 6.07 Å². The van der Waals surface area contributed by atoms with Crippen molar-refractivity contribution in [3.63, 3.8) is 0 Å². The number of halogens is 2. The monoisotopic (exact) mass is 429 g/mol. The molecule has 0 unspecified atom stereocenters. The zero-order chi connectivity index (χ0) is 22.0. The van der Waals surface area contributed by atoms with Gasteiger partial charge in [-0.1, -0.05) is 0 Å². The molecule has 4 rings (SSSR count). The maximum absolute atomic E-state index is 14.2. The summed E-state index contributed by atoms with van der Waals surface area (Å²) in [7, 11) is 1.27. The van der Waals surface area contributed by atoms with Crippen LogP contribution in [0.3, 0.4) is 0 Å². The van der Waals surface area contributed by atoms with E-state index in [1.807, 2.05) is 0 Å². The molecule has 0 aliphatic carbocycles. The van der Waals surface area contributed by atoms with E-state index in [1.165, 1.54) is 13.3 Å². The Bertz CT molecular complexity index is 1030. The second-order valence-electron chi connectivity index (χ2n) is 7.44. The van der Waals surface area contributed by atoms with Gasteiger partial charge in [-0.25, -0.2) is 8.78 Å². The van der Waals surface area contributed by atoms with Crippen molar-refractivity contribution < 1.29 is 23.0 Å². The molecule has 4 heterocycles. The lowest BCUT2D eigenvalue weighted by atomic mass is 9.95. The highest BCUT2D eigenvalue weighted by Crippen LogP contribution is 2.30. The second-order valence-corrected chi connectivity index (χ2v) is 7.44. The Morgan fingerprint density at radius 2 is 2.03 bits per heavy atom. The third-order valence-electron chi connectivity index (χ3n) is 5.59. The average molecular weight is 429 g/mol. The minimum atomic E-state index is -0.855. The number of aromatic nitrogens is 2. The number of nitrogens with zero attached hydrogens (tertiary/aromatic N) is 5. The number of methoxy groups -OCH3 is 1. The summed E-state index contributed by atoms with van der Waals surface area (Å²) in [4.78, 5) is 24.5. The number of ether oxygens (including phenoxy) is 2. The molecule has 0 bridgehead atoms. The minimum absolute atomic E-state index is 0.0106. The first kappa shape index (κ1) is 20.8.